The Labute approximate surface area is 181 Å². The van der Waals surface area contributed by atoms with E-state index in [2.05, 4.69) is 27.8 Å². The summed E-state index contributed by atoms with van der Waals surface area (Å²) in [5.74, 6) is -0.0538. The molecule has 1 amide bonds. The smallest absolute Gasteiger partial charge is 0.238 e. The van der Waals surface area contributed by atoms with Gasteiger partial charge >= 0.3 is 0 Å². The standard InChI is InChI=1S/C21H26ClN5OS/c1-14-4-2-3-11-27(14)13-20(28)26-19-10-9-17(12-18(19)22)25-21(29)24-16-7-5-15(23)6-8-16/h5-10,12,14H,2-4,11,13,23H2,1H3,(H,26,28)(H2,24,25,29). The van der Waals surface area contributed by atoms with E-state index in [1.165, 1.54) is 6.42 Å². The number of likely N-dealkylation sites (tertiary alicyclic amines) is 1. The maximum absolute atomic E-state index is 12.4. The number of nitrogen functional groups attached to an aromatic ring is 1. The molecule has 0 bridgehead atoms. The van der Waals surface area contributed by atoms with Crippen LogP contribution in [0.5, 0.6) is 0 Å². The van der Waals surface area contributed by atoms with E-state index in [0.29, 0.717) is 34.1 Å². The molecular formula is C21H26ClN5OS. The number of halogens is 1. The van der Waals surface area contributed by atoms with Crippen molar-refractivity contribution in [1.82, 2.24) is 4.90 Å². The van der Waals surface area contributed by atoms with Gasteiger partial charge in [-0.3, -0.25) is 9.69 Å². The van der Waals surface area contributed by atoms with Gasteiger partial charge in [-0.25, -0.2) is 0 Å². The number of anilines is 4. The lowest BCUT2D eigenvalue weighted by atomic mass is 10.0. The Morgan fingerprint density at radius 1 is 1.14 bits per heavy atom. The molecule has 1 heterocycles. The molecule has 1 aliphatic heterocycles. The molecular weight excluding hydrogens is 406 g/mol. The number of benzene rings is 2. The zero-order valence-electron chi connectivity index (χ0n) is 16.4. The average molecular weight is 432 g/mol. The summed E-state index contributed by atoms with van der Waals surface area (Å²) < 4.78 is 0. The predicted octanol–water partition coefficient (Wildman–Crippen LogP) is 4.54. The van der Waals surface area contributed by atoms with Crippen molar-refractivity contribution in [3.05, 3.63) is 47.5 Å². The van der Waals surface area contributed by atoms with E-state index in [9.17, 15) is 4.79 Å². The number of amides is 1. The second kappa shape index (κ2) is 9.91. The summed E-state index contributed by atoms with van der Waals surface area (Å²) in [6, 6.07) is 13.0. The zero-order valence-corrected chi connectivity index (χ0v) is 17.9. The maximum atomic E-state index is 12.4. The van der Waals surface area contributed by atoms with Crippen molar-refractivity contribution in [2.24, 2.45) is 0 Å². The Hall–Kier alpha value is -2.35. The first-order valence-corrected chi connectivity index (χ1v) is 10.5. The number of rotatable bonds is 5. The SMILES string of the molecule is CC1CCCCN1CC(=O)Nc1ccc(NC(=S)Nc2ccc(N)cc2)cc1Cl. The van der Waals surface area contributed by atoms with Gasteiger partial charge in [0.15, 0.2) is 5.11 Å². The fourth-order valence-corrected chi connectivity index (χ4v) is 3.78. The molecule has 1 fully saturated rings. The highest BCUT2D eigenvalue weighted by Gasteiger charge is 2.20. The number of hydrogen-bond acceptors (Lipinski definition) is 4. The number of piperidine rings is 1. The largest absolute Gasteiger partial charge is 0.399 e. The van der Waals surface area contributed by atoms with Gasteiger partial charge in [-0.1, -0.05) is 18.0 Å². The number of hydrogen-bond donors (Lipinski definition) is 4. The molecule has 2 aromatic carbocycles. The molecule has 0 aromatic heterocycles. The number of nitrogens with two attached hydrogens (primary N) is 1. The minimum absolute atomic E-state index is 0.0538. The topological polar surface area (TPSA) is 82.4 Å². The number of carbonyl (C=O) groups is 1. The quantitative estimate of drug-likeness (QED) is 0.411. The Bertz CT molecular complexity index is 874. The Morgan fingerprint density at radius 3 is 2.52 bits per heavy atom. The summed E-state index contributed by atoms with van der Waals surface area (Å²) >= 11 is 11.7. The van der Waals surface area contributed by atoms with E-state index < -0.39 is 0 Å². The summed E-state index contributed by atoms with van der Waals surface area (Å²) in [5, 5.41) is 9.95. The van der Waals surface area contributed by atoms with Gasteiger partial charge in [0.25, 0.3) is 0 Å². The molecule has 0 saturated carbocycles. The molecule has 29 heavy (non-hydrogen) atoms. The van der Waals surface area contributed by atoms with Gasteiger partial charge < -0.3 is 21.7 Å². The molecule has 2 aromatic rings. The summed E-state index contributed by atoms with van der Waals surface area (Å²) in [6.45, 7) is 3.51. The lowest BCUT2D eigenvalue weighted by Gasteiger charge is -2.32. The van der Waals surface area contributed by atoms with Crippen LogP contribution in [0, 0.1) is 0 Å². The highest BCUT2D eigenvalue weighted by molar-refractivity contribution is 7.80. The minimum Gasteiger partial charge on any atom is -0.399 e. The molecule has 1 atom stereocenters. The average Bonchev–Trinajstić information content (AvgIpc) is 2.68. The highest BCUT2D eigenvalue weighted by atomic mass is 35.5. The zero-order chi connectivity index (χ0) is 20.8. The maximum Gasteiger partial charge on any atom is 0.238 e. The summed E-state index contributed by atoms with van der Waals surface area (Å²) in [5.41, 5.74) is 8.52. The van der Waals surface area contributed by atoms with Crippen LogP contribution in [0.4, 0.5) is 22.7 Å². The van der Waals surface area contributed by atoms with Crippen LogP contribution < -0.4 is 21.7 Å². The van der Waals surface area contributed by atoms with E-state index in [1.807, 2.05) is 18.2 Å². The molecule has 0 radical (unpaired) electrons. The van der Waals surface area contributed by atoms with Crippen LogP contribution in [-0.2, 0) is 4.79 Å². The van der Waals surface area contributed by atoms with Crippen LogP contribution in [0.3, 0.4) is 0 Å². The van der Waals surface area contributed by atoms with Crippen molar-refractivity contribution in [3.8, 4) is 0 Å². The normalized spacial score (nSPS) is 16.8. The lowest BCUT2D eigenvalue weighted by molar-refractivity contribution is -0.118. The van der Waals surface area contributed by atoms with Crippen LogP contribution in [-0.4, -0.2) is 35.1 Å². The fourth-order valence-electron chi connectivity index (χ4n) is 3.32. The predicted molar refractivity (Wildman–Crippen MR) is 126 cm³/mol. The van der Waals surface area contributed by atoms with Crippen molar-refractivity contribution < 1.29 is 4.79 Å². The molecule has 6 nitrogen and oxygen atoms in total. The second-order valence-electron chi connectivity index (χ2n) is 7.26. The van der Waals surface area contributed by atoms with E-state index in [0.717, 1.165) is 30.8 Å². The van der Waals surface area contributed by atoms with Gasteiger partial charge in [0.1, 0.15) is 0 Å². The summed E-state index contributed by atoms with van der Waals surface area (Å²) in [4.78, 5) is 14.6. The van der Waals surface area contributed by atoms with Crippen molar-refractivity contribution >= 4 is 57.6 Å². The third kappa shape index (κ3) is 6.32. The number of nitrogens with zero attached hydrogens (tertiary/aromatic N) is 1. The van der Waals surface area contributed by atoms with Crippen molar-refractivity contribution in [1.29, 1.82) is 0 Å². The highest BCUT2D eigenvalue weighted by Crippen LogP contribution is 2.26. The first kappa shape index (κ1) is 21.4. The van der Waals surface area contributed by atoms with Gasteiger partial charge in [-0.05, 0) is 81.0 Å². The molecule has 3 rings (SSSR count). The fraction of sp³-hybridized carbons (Fsp3) is 0.333. The number of nitrogens with one attached hydrogen (secondary N) is 3. The molecule has 8 heteroatoms. The first-order valence-electron chi connectivity index (χ1n) is 9.68. The summed E-state index contributed by atoms with van der Waals surface area (Å²) in [6.07, 6.45) is 3.51. The van der Waals surface area contributed by atoms with Gasteiger partial charge in [0, 0.05) is 23.1 Å². The Morgan fingerprint density at radius 2 is 1.83 bits per heavy atom. The molecule has 0 aliphatic carbocycles. The van der Waals surface area contributed by atoms with Gasteiger partial charge in [-0.15, -0.1) is 0 Å². The van der Waals surface area contributed by atoms with E-state index in [-0.39, 0.29) is 5.91 Å². The molecule has 154 valence electrons. The number of carbonyl (C=O) groups excluding carboxylic acids is 1. The van der Waals surface area contributed by atoms with Crippen LogP contribution >= 0.6 is 23.8 Å². The molecule has 0 spiro atoms. The molecule has 1 aliphatic rings. The van der Waals surface area contributed by atoms with E-state index in [4.69, 9.17) is 29.6 Å². The first-order chi connectivity index (χ1) is 13.9. The van der Waals surface area contributed by atoms with E-state index in [1.54, 1.807) is 24.3 Å². The molecule has 1 unspecified atom stereocenters. The molecule has 1 saturated heterocycles. The minimum atomic E-state index is -0.0538. The monoisotopic (exact) mass is 431 g/mol. The van der Waals surface area contributed by atoms with Crippen LogP contribution in [0.2, 0.25) is 5.02 Å². The third-order valence-electron chi connectivity index (χ3n) is 4.96. The Kier molecular flexibility index (Phi) is 7.30. The van der Waals surface area contributed by atoms with Crippen molar-refractivity contribution in [2.75, 3.05) is 34.8 Å². The van der Waals surface area contributed by atoms with Crippen molar-refractivity contribution in [2.45, 2.75) is 32.2 Å². The summed E-state index contributed by atoms with van der Waals surface area (Å²) in [7, 11) is 0. The van der Waals surface area contributed by atoms with Crippen molar-refractivity contribution in [3.63, 3.8) is 0 Å². The third-order valence-corrected chi connectivity index (χ3v) is 5.47. The van der Waals surface area contributed by atoms with Crippen LogP contribution in [0.15, 0.2) is 42.5 Å². The van der Waals surface area contributed by atoms with Crippen LogP contribution in [0.25, 0.3) is 0 Å². The van der Waals surface area contributed by atoms with Gasteiger partial charge in [0.2, 0.25) is 5.91 Å². The second-order valence-corrected chi connectivity index (χ2v) is 8.07. The van der Waals surface area contributed by atoms with Gasteiger partial charge in [0.05, 0.1) is 17.3 Å². The van der Waals surface area contributed by atoms with Gasteiger partial charge in [-0.2, -0.15) is 0 Å². The van der Waals surface area contributed by atoms with E-state index >= 15 is 0 Å². The number of thiocarbonyl (C=S) groups is 1. The Balaban J connectivity index is 1.54. The molecule has 5 N–H and O–H groups in total. The lowest BCUT2D eigenvalue weighted by Crippen LogP contribution is -2.42. The van der Waals surface area contributed by atoms with Crippen LogP contribution in [0.1, 0.15) is 26.2 Å².